The molecule has 0 bridgehead atoms. The molecule has 7 nitrogen and oxygen atoms in total. The predicted octanol–water partition coefficient (Wildman–Crippen LogP) is 3.48. The van der Waals surface area contributed by atoms with E-state index >= 15 is 8.78 Å². The molecule has 9 heteroatoms. The maximum absolute atomic E-state index is 15.3. The Labute approximate surface area is 209 Å². The van der Waals surface area contributed by atoms with Crippen LogP contribution in [0.2, 0.25) is 0 Å². The number of likely N-dealkylation sites (N-methyl/N-ethyl adjacent to an activating group) is 1. The van der Waals surface area contributed by atoms with E-state index in [1.54, 1.807) is 16.9 Å². The Morgan fingerprint density at radius 1 is 0.944 bits per heavy atom. The highest BCUT2D eigenvalue weighted by atomic mass is 19.1. The van der Waals surface area contributed by atoms with Crippen molar-refractivity contribution in [1.29, 1.82) is 0 Å². The van der Waals surface area contributed by atoms with Gasteiger partial charge < -0.3 is 19.6 Å². The van der Waals surface area contributed by atoms with Gasteiger partial charge in [0.15, 0.2) is 0 Å². The molecule has 0 N–H and O–H groups in total. The second kappa shape index (κ2) is 9.35. The summed E-state index contributed by atoms with van der Waals surface area (Å²) in [6.07, 6.45) is 5.42. The molecule has 2 aliphatic heterocycles. The molecule has 2 saturated heterocycles. The highest BCUT2D eigenvalue weighted by Crippen LogP contribution is 2.35. The number of rotatable bonds is 5. The number of amides is 1. The molecule has 1 amide bonds. The zero-order chi connectivity index (χ0) is 24.8. The fraction of sp³-hybridized carbons (Fsp3) is 0.481. The number of hydrogen-bond acceptors (Lipinski definition) is 5. The van der Waals surface area contributed by atoms with E-state index in [2.05, 4.69) is 21.8 Å². The van der Waals surface area contributed by atoms with Crippen molar-refractivity contribution in [3.63, 3.8) is 0 Å². The summed E-state index contributed by atoms with van der Waals surface area (Å²) in [4.78, 5) is 21.0. The summed E-state index contributed by atoms with van der Waals surface area (Å²) in [5.74, 6) is -0.615. The number of anilines is 2. The molecule has 4 heterocycles. The van der Waals surface area contributed by atoms with Crippen molar-refractivity contribution in [2.75, 3.05) is 68.7 Å². The molecule has 1 saturated carbocycles. The van der Waals surface area contributed by atoms with Crippen molar-refractivity contribution in [3.05, 3.63) is 48.3 Å². The maximum atomic E-state index is 15.3. The van der Waals surface area contributed by atoms with Crippen molar-refractivity contribution < 1.29 is 13.6 Å². The molecule has 0 unspecified atom stereocenters. The average Bonchev–Trinajstić information content (AvgIpc) is 3.66. The van der Waals surface area contributed by atoms with Crippen LogP contribution in [0.25, 0.3) is 16.6 Å². The second-order valence-corrected chi connectivity index (χ2v) is 10.1. The first kappa shape index (κ1) is 23.2. The van der Waals surface area contributed by atoms with Crippen LogP contribution in [0.1, 0.15) is 19.8 Å². The van der Waals surface area contributed by atoms with E-state index in [0.29, 0.717) is 24.3 Å². The molecule has 1 aromatic carbocycles. The lowest BCUT2D eigenvalue weighted by atomic mass is 10.1. The number of carbonyl (C=O) groups is 1. The van der Waals surface area contributed by atoms with Crippen LogP contribution in [-0.4, -0.2) is 84.2 Å². The molecule has 3 aliphatic rings. The normalized spacial score (nSPS) is 19.4. The minimum absolute atomic E-state index is 0.0257. The van der Waals surface area contributed by atoms with Gasteiger partial charge in [-0.3, -0.25) is 4.79 Å². The monoisotopic (exact) mass is 494 g/mol. The highest BCUT2D eigenvalue weighted by Gasteiger charge is 2.34. The lowest BCUT2D eigenvalue weighted by Gasteiger charge is -2.36. The van der Waals surface area contributed by atoms with Gasteiger partial charge in [-0.25, -0.2) is 13.3 Å². The third kappa shape index (κ3) is 4.30. The van der Waals surface area contributed by atoms with Crippen LogP contribution in [0.4, 0.5) is 20.2 Å². The highest BCUT2D eigenvalue weighted by molar-refractivity contribution is 5.83. The Morgan fingerprint density at radius 2 is 1.61 bits per heavy atom. The molecule has 6 rings (SSSR count). The van der Waals surface area contributed by atoms with Gasteiger partial charge in [0.1, 0.15) is 11.6 Å². The molecule has 1 aliphatic carbocycles. The third-order valence-electron chi connectivity index (χ3n) is 7.85. The Morgan fingerprint density at radius 3 is 2.25 bits per heavy atom. The number of fused-ring (bicyclic) bond motifs is 1. The van der Waals surface area contributed by atoms with E-state index in [0.717, 1.165) is 69.9 Å². The molecule has 0 spiro atoms. The van der Waals surface area contributed by atoms with Crippen LogP contribution in [0.3, 0.4) is 0 Å². The summed E-state index contributed by atoms with van der Waals surface area (Å²) >= 11 is 0. The number of carbonyl (C=O) groups excluding carboxylic acids is 1. The summed E-state index contributed by atoms with van der Waals surface area (Å²) in [7, 11) is 0. The minimum atomic E-state index is -0.562. The van der Waals surface area contributed by atoms with Gasteiger partial charge in [-0.2, -0.15) is 5.10 Å². The summed E-state index contributed by atoms with van der Waals surface area (Å²) < 4.78 is 32.3. The number of nitrogens with zero attached hydrogens (tertiary/aromatic N) is 6. The molecule has 36 heavy (non-hydrogen) atoms. The van der Waals surface area contributed by atoms with Crippen molar-refractivity contribution in [2.45, 2.75) is 19.8 Å². The van der Waals surface area contributed by atoms with Crippen molar-refractivity contribution in [2.24, 2.45) is 5.92 Å². The fourth-order valence-electron chi connectivity index (χ4n) is 5.50. The van der Waals surface area contributed by atoms with Crippen molar-refractivity contribution >= 4 is 22.8 Å². The predicted molar refractivity (Wildman–Crippen MR) is 136 cm³/mol. The maximum Gasteiger partial charge on any atom is 0.225 e. The van der Waals surface area contributed by atoms with Crippen molar-refractivity contribution in [3.8, 4) is 11.1 Å². The average molecular weight is 495 g/mol. The van der Waals surface area contributed by atoms with Crippen LogP contribution in [-0.2, 0) is 4.79 Å². The van der Waals surface area contributed by atoms with Gasteiger partial charge in [0.2, 0.25) is 5.91 Å². The molecule has 190 valence electrons. The molecule has 2 aromatic heterocycles. The van der Waals surface area contributed by atoms with Gasteiger partial charge in [-0.15, -0.1) is 0 Å². The van der Waals surface area contributed by atoms with Gasteiger partial charge in [0.05, 0.1) is 16.8 Å². The molecule has 0 radical (unpaired) electrons. The number of piperazine rings is 2. The molecular weight excluding hydrogens is 462 g/mol. The lowest BCUT2D eigenvalue weighted by Crippen LogP contribution is -2.49. The number of aromatic nitrogens is 2. The molecule has 0 atom stereocenters. The van der Waals surface area contributed by atoms with E-state index in [1.165, 1.54) is 12.1 Å². The van der Waals surface area contributed by atoms with Crippen LogP contribution in [0, 0.1) is 17.6 Å². The van der Waals surface area contributed by atoms with E-state index < -0.39 is 11.6 Å². The topological polar surface area (TPSA) is 47.3 Å². The van der Waals surface area contributed by atoms with Crippen LogP contribution < -0.4 is 9.80 Å². The van der Waals surface area contributed by atoms with Gasteiger partial charge in [0, 0.05) is 81.9 Å². The van der Waals surface area contributed by atoms with Crippen molar-refractivity contribution in [1.82, 2.24) is 19.4 Å². The number of hydrogen-bond donors (Lipinski definition) is 0. The smallest absolute Gasteiger partial charge is 0.225 e. The third-order valence-corrected chi connectivity index (χ3v) is 7.85. The van der Waals surface area contributed by atoms with Crippen LogP contribution in [0.15, 0.2) is 36.7 Å². The van der Waals surface area contributed by atoms with E-state index in [1.807, 2.05) is 21.9 Å². The van der Waals surface area contributed by atoms with Gasteiger partial charge in [0.25, 0.3) is 0 Å². The summed E-state index contributed by atoms with van der Waals surface area (Å²) in [6, 6.07) is 6.65. The number of benzene rings is 1. The van der Waals surface area contributed by atoms with Gasteiger partial charge >= 0.3 is 0 Å². The lowest BCUT2D eigenvalue weighted by molar-refractivity contribution is -0.132. The zero-order valence-electron chi connectivity index (χ0n) is 20.7. The minimum Gasteiger partial charge on any atom is -0.369 e. The number of halogens is 2. The molecular formula is C27H32F2N6O. The first-order valence-corrected chi connectivity index (χ1v) is 13.0. The first-order valence-electron chi connectivity index (χ1n) is 13.0. The Kier molecular flexibility index (Phi) is 6.03. The molecule has 3 aromatic rings. The SMILES string of the molecule is CCN1CCN(c2cc(F)c(-c3cc4c(N5CCN(C(=O)C6CC6)CC5)ccnn4c3)c(F)c2)CC1. The zero-order valence-corrected chi connectivity index (χ0v) is 20.7. The fourth-order valence-corrected chi connectivity index (χ4v) is 5.50. The van der Waals surface area contributed by atoms with Crippen LogP contribution >= 0.6 is 0 Å². The van der Waals surface area contributed by atoms with Gasteiger partial charge in [-0.1, -0.05) is 6.92 Å². The van der Waals surface area contributed by atoms with Crippen LogP contribution in [0.5, 0.6) is 0 Å². The Bertz CT molecular complexity index is 1250. The largest absolute Gasteiger partial charge is 0.369 e. The Balaban J connectivity index is 1.24. The Hall–Kier alpha value is -3.20. The van der Waals surface area contributed by atoms with E-state index in [9.17, 15) is 4.79 Å². The van der Waals surface area contributed by atoms with E-state index in [4.69, 9.17) is 0 Å². The summed E-state index contributed by atoms with van der Waals surface area (Å²) in [5.41, 5.74) is 2.79. The first-order chi connectivity index (χ1) is 17.5. The second-order valence-electron chi connectivity index (χ2n) is 10.1. The van der Waals surface area contributed by atoms with Gasteiger partial charge in [-0.05, 0) is 43.7 Å². The standard InChI is InChI=1S/C27H32F2N6O/c1-2-31-7-9-32(10-8-31)21-16-22(28)26(23(29)17-21)20-15-25-24(5-6-30-35(25)18-20)33-11-13-34(14-12-33)27(36)19-3-4-19/h5-6,15-19H,2-4,7-14H2,1H3. The quantitative estimate of drug-likeness (QED) is 0.544. The molecule has 3 fully saturated rings. The summed E-state index contributed by atoms with van der Waals surface area (Å²) in [6.45, 7) is 9.24. The van der Waals surface area contributed by atoms with E-state index in [-0.39, 0.29) is 17.4 Å². The summed E-state index contributed by atoms with van der Waals surface area (Å²) in [5, 5.41) is 4.39.